The van der Waals surface area contributed by atoms with Crippen LogP contribution in [0.15, 0.2) is 18.2 Å². The van der Waals surface area contributed by atoms with Gasteiger partial charge in [-0.2, -0.15) is 18.3 Å². The van der Waals surface area contributed by atoms with E-state index in [1.54, 1.807) is 11.0 Å². The van der Waals surface area contributed by atoms with Crippen LogP contribution in [0.4, 0.5) is 13.2 Å². The Morgan fingerprint density at radius 3 is 2.62 bits per heavy atom. The molecule has 9 heteroatoms. The number of carbonyl (C=O) groups excluding carboxylic acids is 1. The van der Waals surface area contributed by atoms with Crippen LogP contribution in [0.2, 0.25) is 0 Å². The van der Waals surface area contributed by atoms with E-state index < -0.39 is 11.9 Å². The third-order valence-corrected chi connectivity index (χ3v) is 6.51. The fourth-order valence-corrected chi connectivity index (χ4v) is 4.76. The first-order chi connectivity index (χ1) is 13.6. The Morgan fingerprint density at radius 2 is 1.97 bits per heavy atom. The zero-order valence-corrected chi connectivity index (χ0v) is 17.2. The molecule has 1 aliphatic heterocycles. The van der Waals surface area contributed by atoms with Gasteiger partial charge in [0.15, 0.2) is 5.65 Å². The number of amides is 1. The lowest BCUT2D eigenvalue weighted by Crippen LogP contribution is -2.38. The lowest BCUT2D eigenvalue weighted by molar-refractivity contribution is -0.142. The highest BCUT2D eigenvalue weighted by Gasteiger charge is 2.36. The summed E-state index contributed by atoms with van der Waals surface area (Å²) < 4.78 is 41.1. The molecule has 5 nitrogen and oxygen atoms in total. The Morgan fingerprint density at radius 1 is 1.21 bits per heavy atom. The van der Waals surface area contributed by atoms with Crippen molar-refractivity contribution in [2.45, 2.75) is 45.7 Å². The fraction of sp³-hybridized carbons (Fsp3) is 0.450. The maximum absolute atomic E-state index is 13.4. The number of aromatic nitrogens is 3. The average molecular weight is 422 g/mol. The van der Waals surface area contributed by atoms with E-state index >= 15 is 0 Å². The van der Waals surface area contributed by atoms with Crippen molar-refractivity contribution in [3.8, 4) is 0 Å². The third-order valence-electron chi connectivity index (χ3n) is 5.37. The standard InChI is InChI=1S/C20H21F3N4OS/c1-11-7-16(29-13(11)3)19(28)26-6-4-5-14(10-26)15-9-18-24-12(2)8-17(20(21,22)23)27(18)25-15/h7-9,14H,4-6,10H2,1-3H3/t14-/m0/s1. The zero-order chi connectivity index (χ0) is 20.9. The van der Waals surface area contributed by atoms with Gasteiger partial charge in [0.2, 0.25) is 0 Å². The van der Waals surface area contributed by atoms with Gasteiger partial charge in [-0.15, -0.1) is 11.3 Å². The molecule has 0 aromatic carbocycles. The van der Waals surface area contributed by atoms with Crippen LogP contribution in [-0.2, 0) is 6.18 Å². The van der Waals surface area contributed by atoms with E-state index in [1.807, 2.05) is 19.9 Å². The van der Waals surface area contributed by atoms with Crippen LogP contribution < -0.4 is 0 Å². The van der Waals surface area contributed by atoms with Gasteiger partial charge in [0.05, 0.1) is 10.6 Å². The van der Waals surface area contributed by atoms with Crippen molar-refractivity contribution in [2.24, 2.45) is 0 Å². The Bertz CT molecular complexity index is 1070. The minimum absolute atomic E-state index is 0.0235. The summed E-state index contributed by atoms with van der Waals surface area (Å²) in [5.41, 5.74) is 1.28. The van der Waals surface area contributed by atoms with E-state index in [1.165, 1.54) is 18.3 Å². The lowest BCUT2D eigenvalue weighted by atomic mass is 9.95. The van der Waals surface area contributed by atoms with E-state index in [4.69, 9.17) is 0 Å². The van der Waals surface area contributed by atoms with E-state index in [0.29, 0.717) is 29.4 Å². The van der Waals surface area contributed by atoms with Gasteiger partial charge in [0, 0.05) is 35.6 Å². The second-order valence-corrected chi connectivity index (χ2v) is 8.82. The van der Waals surface area contributed by atoms with Gasteiger partial charge in [-0.25, -0.2) is 9.50 Å². The SMILES string of the molecule is Cc1cc(C(F)(F)F)n2nc([C@H]3CCCN(C(=O)c4cc(C)c(C)s4)C3)cc2n1. The molecule has 1 amide bonds. The first-order valence-electron chi connectivity index (χ1n) is 9.44. The maximum atomic E-state index is 13.4. The molecule has 1 saturated heterocycles. The first kappa shape index (κ1) is 19.9. The maximum Gasteiger partial charge on any atom is 0.433 e. The van der Waals surface area contributed by atoms with Crippen molar-refractivity contribution in [1.82, 2.24) is 19.5 Å². The zero-order valence-electron chi connectivity index (χ0n) is 16.4. The van der Waals surface area contributed by atoms with Gasteiger partial charge in [-0.3, -0.25) is 4.79 Å². The Labute approximate surface area is 170 Å². The van der Waals surface area contributed by atoms with Crippen LogP contribution in [0.1, 0.15) is 56.0 Å². The van der Waals surface area contributed by atoms with Gasteiger partial charge in [0.25, 0.3) is 5.91 Å². The van der Waals surface area contributed by atoms with Crippen LogP contribution in [-0.4, -0.2) is 38.5 Å². The molecule has 1 fully saturated rings. The van der Waals surface area contributed by atoms with Crippen LogP contribution in [0.25, 0.3) is 5.65 Å². The van der Waals surface area contributed by atoms with Crippen molar-refractivity contribution >= 4 is 22.9 Å². The van der Waals surface area contributed by atoms with Gasteiger partial charge in [0.1, 0.15) is 5.69 Å². The number of fused-ring (bicyclic) bond motifs is 1. The molecule has 0 aliphatic carbocycles. The fourth-order valence-electron chi connectivity index (χ4n) is 3.76. The lowest BCUT2D eigenvalue weighted by Gasteiger charge is -2.31. The van der Waals surface area contributed by atoms with Gasteiger partial charge < -0.3 is 4.90 Å². The third kappa shape index (κ3) is 3.75. The molecule has 1 aliphatic rings. The second kappa shape index (κ2) is 7.12. The molecule has 154 valence electrons. The molecule has 4 heterocycles. The largest absolute Gasteiger partial charge is 0.433 e. The van der Waals surface area contributed by atoms with Crippen molar-refractivity contribution in [2.75, 3.05) is 13.1 Å². The molecular weight excluding hydrogens is 401 g/mol. The number of halogens is 3. The molecule has 3 aromatic rings. The number of carbonyl (C=O) groups is 1. The molecule has 0 unspecified atom stereocenters. The summed E-state index contributed by atoms with van der Waals surface area (Å²) in [6.07, 6.45) is -2.96. The molecule has 29 heavy (non-hydrogen) atoms. The Balaban J connectivity index is 1.63. The summed E-state index contributed by atoms with van der Waals surface area (Å²) in [5, 5.41) is 4.23. The summed E-state index contributed by atoms with van der Waals surface area (Å²) in [4.78, 5) is 20.7. The van der Waals surface area contributed by atoms with Crippen molar-refractivity contribution < 1.29 is 18.0 Å². The molecule has 0 N–H and O–H groups in total. The highest BCUT2D eigenvalue weighted by Crippen LogP contribution is 2.33. The van der Waals surface area contributed by atoms with Crippen LogP contribution in [0, 0.1) is 20.8 Å². The van der Waals surface area contributed by atoms with Gasteiger partial charge >= 0.3 is 6.18 Å². The molecule has 4 rings (SSSR count). The normalized spacial score (nSPS) is 17.9. The molecule has 1 atom stereocenters. The Hall–Kier alpha value is -2.42. The predicted octanol–water partition coefficient (Wildman–Crippen LogP) is 4.75. The number of hydrogen-bond donors (Lipinski definition) is 0. The number of piperidine rings is 1. The van der Waals surface area contributed by atoms with Crippen molar-refractivity contribution in [3.05, 3.63) is 50.6 Å². The van der Waals surface area contributed by atoms with Crippen LogP contribution in [0.3, 0.4) is 0 Å². The Kier molecular flexibility index (Phi) is 4.88. The number of aryl methyl sites for hydroxylation is 3. The molecular formula is C20H21F3N4OS. The smallest absolute Gasteiger partial charge is 0.337 e. The van der Waals surface area contributed by atoms with E-state index in [9.17, 15) is 18.0 Å². The van der Waals surface area contributed by atoms with Crippen molar-refractivity contribution in [1.29, 1.82) is 0 Å². The monoisotopic (exact) mass is 422 g/mol. The topological polar surface area (TPSA) is 50.5 Å². The van der Waals surface area contributed by atoms with Crippen LogP contribution in [0.5, 0.6) is 0 Å². The van der Waals surface area contributed by atoms with E-state index in [-0.39, 0.29) is 17.5 Å². The second-order valence-electron chi connectivity index (χ2n) is 7.56. The molecule has 3 aromatic heterocycles. The number of rotatable bonds is 2. The average Bonchev–Trinajstić information content (AvgIpc) is 3.23. The number of nitrogens with zero attached hydrogens (tertiary/aromatic N) is 4. The highest BCUT2D eigenvalue weighted by atomic mass is 32.1. The molecule has 0 bridgehead atoms. The predicted molar refractivity (Wildman–Crippen MR) is 104 cm³/mol. The highest BCUT2D eigenvalue weighted by molar-refractivity contribution is 7.14. The number of likely N-dealkylation sites (tertiary alicyclic amines) is 1. The molecule has 0 spiro atoms. The summed E-state index contributed by atoms with van der Waals surface area (Å²) in [7, 11) is 0. The van der Waals surface area contributed by atoms with Gasteiger partial charge in [-0.05, 0) is 51.3 Å². The number of thiophene rings is 1. The summed E-state index contributed by atoms with van der Waals surface area (Å²) >= 11 is 1.48. The summed E-state index contributed by atoms with van der Waals surface area (Å²) in [6.45, 7) is 6.59. The van der Waals surface area contributed by atoms with Gasteiger partial charge in [-0.1, -0.05) is 0 Å². The van der Waals surface area contributed by atoms with E-state index in [0.717, 1.165) is 33.9 Å². The molecule has 0 radical (unpaired) electrons. The van der Waals surface area contributed by atoms with E-state index in [2.05, 4.69) is 10.1 Å². The first-order valence-corrected chi connectivity index (χ1v) is 10.3. The van der Waals surface area contributed by atoms with Crippen LogP contribution >= 0.6 is 11.3 Å². The number of hydrogen-bond acceptors (Lipinski definition) is 4. The van der Waals surface area contributed by atoms with Crippen molar-refractivity contribution in [3.63, 3.8) is 0 Å². The summed E-state index contributed by atoms with van der Waals surface area (Å²) in [5.74, 6) is -0.137. The minimum atomic E-state index is -4.52. The summed E-state index contributed by atoms with van der Waals surface area (Å²) in [6, 6.07) is 4.52. The molecule has 0 saturated carbocycles. The minimum Gasteiger partial charge on any atom is -0.337 e. The number of alkyl halides is 3. The quantitative estimate of drug-likeness (QED) is 0.599.